The Bertz CT molecular complexity index is 1130. The van der Waals surface area contributed by atoms with Crippen LogP contribution in [-0.2, 0) is 24.2 Å². The number of carbonyl (C=O) groups is 2. The predicted octanol–water partition coefficient (Wildman–Crippen LogP) is 5.74. The Kier molecular flexibility index (Phi) is 6.14. The molecular weight excluding hydrogens is 439 g/mol. The van der Waals surface area contributed by atoms with Crippen molar-refractivity contribution >= 4 is 52.0 Å². The summed E-state index contributed by atoms with van der Waals surface area (Å²) in [6.07, 6.45) is 1.05. The van der Waals surface area contributed by atoms with Gasteiger partial charge in [-0.25, -0.2) is 0 Å². The number of rotatable bonds is 4. The molecule has 3 aromatic rings. The van der Waals surface area contributed by atoms with E-state index in [0.717, 1.165) is 17.5 Å². The zero-order chi connectivity index (χ0) is 21.3. The number of amides is 2. The van der Waals surface area contributed by atoms with Gasteiger partial charge in [-0.1, -0.05) is 35.3 Å². The molecule has 7 heteroatoms. The lowest BCUT2D eigenvalue weighted by Crippen LogP contribution is -2.35. The lowest BCUT2D eigenvalue weighted by Gasteiger charge is -2.28. The smallest absolute Gasteiger partial charge is 0.254 e. The van der Waals surface area contributed by atoms with Crippen LogP contribution in [0.3, 0.4) is 0 Å². The molecule has 2 amide bonds. The van der Waals surface area contributed by atoms with E-state index in [4.69, 9.17) is 23.2 Å². The van der Waals surface area contributed by atoms with E-state index in [9.17, 15) is 9.59 Å². The highest BCUT2D eigenvalue weighted by Crippen LogP contribution is 2.27. The molecule has 0 aliphatic carbocycles. The zero-order valence-corrected chi connectivity index (χ0v) is 18.7. The Hall–Kier alpha value is -2.34. The molecule has 0 saturated heterocycles. The fourth-order valence-electron chi connectivity index (χ4n) is 3.62. The Balaban J connectivity index is 1.48. The second kappa shape index (κ2) is 8.80. The van der Waals surface area contributed by atoms with E-state index in [2.05, 4.69) is 16.8 Å². The molecule has 154 valence electrons. The fraction of sp³-hybridized carbons (Fsp3) is 0.217. The summed E-state index contributed by atoms with van der Waals surface area (Å²) in [7, 11) is 0. The molecule has 1 aromatic heterocycles. The number of carbonyl (C=O) groups excluding carboxylic acids is 2. The number of nitrogens with one attached hydrogen (secondary N) is 1. The molecule has 0 fully saturated rings. The number of benzene rings is 2. The van der Waals surface area contributed by atoms with Crippen molar-refractivity contribution in [2.75, 3.05) is 11.9 Å². The highest BCUT2D eigenvalue weighted by molar-refractivity contribution is 7.10. The van der Waals surface area contributed by atoms with Crippen molar-refractivity contribution in [3.05, 3.63) is 85.0 Å². The van der Waals surface area contributed by atoms with Crippen molar-refractivity contribution in [3.8, 4) is 0 Å². The normalized spacial score (nSPS) is 13.1. The number of fused-ring (bicyclic) bond motifs is 1. The van der Waals surface area contributed by atoms with Gasteiger partial charge in [-0.3, -0.25) is 9.59 Å². The van der Waals surface area contributed by atoms with E-state index in [0.29, 0.717) is 34.4 Å². The highest BCUT2D eigenvalue weighted by Gasteiger charge is 2.24. The van der Waals surface area contributed by atoms with E-state index in [1.165, 1.54) is 10.4 Å². The molecular formula is C23H20Cl2N2O2S. The van der Waals surface area contributed by atoms with Gasteiger partial charge in [-0.15, -0.1) is 11.3 Å². The fourth-order valence-corrected chi connectivity index (χ4v) is 4.83. The van der Waals surface area contributed by atoms with Crippen molar-refractivity contribution in [2.24, 2.45) is 0 Å². The number of nitrogens with zero attached hydrogens (tertiary/aromatic N) is 1. The van der Waals surface area contributed by atoms with Crippen molar-refractivity contribution in [2.45, 2.75) is 26.3 Å². The lowest BCUT2D eigenvalue weighted by atomic mass is 10.0. The first-order chi connectivity index (χ1) is 14.4. The van der Waals surface area contributed by atoms with Gasteiger partial charge in [0.05, 0.1) is 16.5 Å². The third kappa shape index (κ3) is 4.38. The minimum Gasteiger partial charge on any atom is -0.334 e. The third-order valence-electron chi connectivity index (χ3n) is 5.28. The molecule has 4 rings (SSSR count). The molecule has 0 spiro atoms. The Morgan fingerprint density at radius 3 is 2.77 bits per heavy atom. The second-order valence-corrected chi connectivity index (χ2v) is 9.11. The zero-order valence-electron chi connectivity index (χ0n) is 16.4. The van der Waals surface area contributed by atoms with Gasteiger partial charge >= 0.3 is 0 Å². The van der Waals surface area contributed by atoms with Crippen molar-refractivity contribution in [1.82, 2.24) is 4.90 Å². The predicted molar refractivity (Wildman–Crippen MR) is 123 cm³/mol. The first kappa shape index (κ1) is 20.9. The number of anilines is 1. The summed E-state index contributed by atoms with van der Waals surface area (Å²) in [6, 6.07) is 12.7. The molecule has 2 heterocycles. The number of thiophene rings is 1. The van der Waals surface area contributed by atoms with Crippen LogP contribution >= 0.6 is 34.5 Å². The quantitative estimate of drug-likeness (QED) is 0.541. The maximum absolute atomic E-state index is 13.1. The van der Waals surface area contributed by atoms with Gasteiger partial charge in [0.2, 0.25) is 5.91 Å². The molecule has 1 aliphatic heterocycles. The highest BCUT2D eigenvalue weighted by atomic mass is 35.5. The maximum Gasteiger partial charge on any atom is 0.254 e. The summed E-state index contributed by atoms with van der Waals surface area (Å²) in [6.45, 7) is 3.20. The average Bonchev–Trinajstić information content (AvgIpc) is 3.19. The number of hydrogen-bond acceptors (Lipinski definition) is 3. The van der Waals surface area contributed by atoms with Crippen LogP contribution < -0.4 is 5.32 Å². The van der Waals surface area contributed by atoms with Gasteiger partial charge in [-0.2, -0.15) is 0 Å². The topological polar surface area (TPSA) is 49.4 Å². The number of halogens is 2. The van der Waals surface area contributed by atoms with E-state index in [1.54, 1.807) is 35.6 Å². The van der Waals surface area contributed by atoms with Gasteiger partial charge in [0.1, 0.15) is 0 Å². The van der Waals surface area contributed by atoms with E-state index in [-0.39, 0.29) is 18.2 Å². The largest absolute Gasteiger partial charge is 0.334 e. The van der Waals surface area contributed by atoms with Crippen LogP contribution in [0.15, 0.2) is 47.8 Å². The summed E-state index contributed by atoms with van der Waals surface area (Å²) in [5.74, 6) is -0.188. The Labute approximate surface area is 189 Å². The summed E-state index contributed by atoms with van der Waals surface area (Å²) in [4.78, 5) is 28.9. The molecule has 1 aliphatic rings. The standard InChI is InChI=1S/C23H20Cl2N2O2S/c1-14-17(23(29)27-9-7-21-16(13-27)8-10-30-21)3-2-4-20(14)26-22(28)12-15-5-6-18(24)19(25)11-15/h2-6,8,10-11H,7,9,12-13H2,1H3,(H,26,28). The second-order valence-electron chi connectivity index (χ2n) is 7.30. The van der Waals surface area contributed by atoms with E-state index >= 15 is 0 Å². The van der Waals surface area contributed by atoms with Crippen molar-refractivity contribution in [3.63, 3.8) is 0 Å². The molecule has 0 atom stereocenters. The van der Waals surface area contributed by atoms with Crippen LogP contribution in [0.2, 0.25) is 10.0 Å². The molecule has 30 heavy (non-hydrogen) atoms. The van der Waals surface area contributed by atoms with Crippen LogP contribution in [-0.4, -0.2) is 23.3 Å². The lowest BCUT2D eigenvalue weighted by molar-refractivity contribution is -0.115. The van der Waals surface area contributed by atoms with Crippen molar-refractivity contribution < 1.29 is 9.59 Å². The monoisotopic (exact) mass is 458 g/mol. The molecule has 1 N–H and O–H groups in total. The first-order valence-corrected chi connectivity index (χ1v) is 11.2. The molecule has 0 radical (unpaired) electrons. The van der Waals surface area contributed by atoms with Crippen LogP contribution in [0.1, 0.15) is 31.9 Å². The molecule has 0 bridgehead atoms. The summed E-state index contributed by atoms with van der Waals surface area (Å²) < 4.78 is 0. The van der Waals surface area contributed by atoms with Gasteiger partial charge in [0, 0.05) is 29.2 Å². The van der Waals surface area contributed by atoms with Gasteiger partial charge in [0.15, 0.2) is 0 Å². The van der Waals surface area contributed by atoms with Crippen LogP contribution in [0.4, 0.5) is 5.69 Å². The first-order valence-electron chi connectivity index (χ1n) is 9.60. The molecule has 0 saturated carbocycles. The van der Waals surface area contributed by atoms with Gasteiger partial charge in [-0.05, 0) is 65.7 Å². The molecule has 2 aromatic carbocycles. The SMILES string of the molecule is Cc1c(NC(=O)Cc2ccc(Cl)c(Cl)c2)cccc1C(=O)N1CCc2sccc2C1. The van der Waals surface area contributed by atoms with Crippen LogP contribution in [0.25, 0.3) is 0 Å². The van der Waals surface area contributed by atoms with Gasteiger partial charge < -0.3 is 10.2 Å². The minimum atomic E-state index is -0.179. The van der Waals surface area contributed by atoms with E-state index < -0.39 is 0 Å². The maximum atomic E-state index is 13.1. The summed E-state index contributed by atoms with van der Waals surface area (Å²) in [5.41, 5.74) is 4.01. The minimum absolute atomic E-state index is 0.00932. The van der Waals surface area contributed by atoms with Crippen LogP contribution in [0, 0.1) is 6.92 Å². The van der Waals surface area contributed by atoms with Crippen molar-refractivity contribution in [1.29, 1.82) is 0 Å². The molecule has 0 unspecified atom stereocenters. The third-order valence-corrected chi connectivity index (χ3v) is 7.04. The van der Waals surface area contributed by atoms with E-state index in [1.807, 2.05) is 24.0 Å². The Morgan fingerprint density at radius 1 is 1.13 bits per heavy atom. The van der Waals surface area contributed by atoms with Gasteiger partial charge in [0.25, 0.3) is 5.91 Å². The summed E-state index contributed by atoms with van der Waals surface area (Å²) >= 11 is 13.7. The average molecular weight is 459 g/mol. The molecule has 4 nitrogen and oxygen atoms in total. The summed E-state index contributed by atoms with van der Waals surface area (Å²) in [5, 5.41) is 5.87. The van der Waals surface area contributed by atoms with Crippen LogP contribution in [0.5, 0.6) is 0 Å². The Morgan fingerprint density at radius 2 is 1.97 bits per heavy atom. The number of hydrogen-bond donors (Lipinski definition) is 1.